The van der Waals surface area contributed by atoms with Crippen LogP contribution in [-0.4, -0.2) is 11.1 Å². The lowest BCUT2D eigenvalue weighted by Gasteiger charge is -2.08. The molecule has 0 fully saturated rings. The van der Waals surface area contributed by atoms with Gasteiger partial charge >= 0.3 is 5.97 Å². The molecule has 0 amide bonds. The van der Waals surface area contributed by atoms with Crippen molar-refractivity contribution in [3.63, 3.8) is 0 Å². The van der Waals surface area contributed by atoms with Gasteiger partial charge in [-0.2, -0.15) is 0 Å². The minimum atomic E-state index is -0.887. The number of carboxylic acids is 1. The van der Waals surface area contributed by atoms with Crippen molar-refractivity contribution >= 4 is 5.97 Å². The summed E-state index contributed by atoms with van der Waals surface area (Å²) in [7, 11) is 0. The molecule has 2 heteroatoms. The van der Waals surface area contributed by atoms with E-state index in [1.165, 1.54) is 5.56 Å². The summed E-state index contributed by atoms with van der Waals surface area (Å²) in [4.78, 5) is 11.2. The average molecular weight is 254 g/mol. The highest BCUT2D eigenvalue weighted by molar-refractivity contribution is 5.95. The summed E-state index contributed by atoms with van der Waals surface area (Å²) >= 11 is 0. The van der Waals surface area contributed by atoms with E-state index in [1.807, 2.05) is 24.3 Å². The van der Waals surface area contributed by atoms with Crippen molar-refractivity contribution in [3.05, 3.63) is 59.7 Å². The third kappa shape index (κ3) is 3.22. The Kier molecular flexibility index (Phi) is 4.00. The fourth-order valence-corrected chi connectivity index (χ4v) is 2.21. The second kappa shape index (κ2) is 5.70. The van der Waals surface area contributed by atoms with E-state index < -0.39 is 5.97 Å². The van der Waals surface area contributed by atoms with Gasteiger partial charge in [-0.05, 0) is 35.1 Å². The van der Waals surface area contributed by atoms with E-state index in [1.54, 1.807) is 12.1 Å². The number of hydrogen-bond donors (Lipinski definition) is 1. The Hall–Kier alpha value is -2.09. The Morgan fingerprint density at radius 2 is 1.68 bits per heavy atom. The van der Waals surface area contributed by atoms with E-state index in [0.717, 1.165) is 17.5 Å². The maximum atomic E-state index is 11.2. The van der Waals surface area contributed by atoms with Gasteiger partial charge in [0.25, 0.3) is 0 Å². The SMILES string of the molecule is CC(C)Cc1ccc(-c2ccccc2C(=O)O)cc1. The third-order valence-corrected chi connectivity index (χ3v) is 3.07. The van der Waals surface area contributed by atoms with Crippen LogP contribution in [0.1, 0.15) is 29.8 Å². The van der Waals surface area contributed by atoms with Crippen LogP contribution in [0.15, 0.2) is 48.5 Å². The van der Waals surface area contributed by atoms with Crippen LogP contribution in [0.25, 0.3) is 11.1 Å². The van der Waals surface area contributed by atoms with E-state index in [4.69, 9.17) is 0 Å². The summed E-state index contributed by atoms with van der Waals surface area (Å²) in [5.41, 5.74) is 3.35. The molecule has 98 valence electrons. The van der Waals surface area contributed by atoms with Crippen molar-refractivity contribution in [3.8, 4) is 11.1 Å². The zero-order chi connectivity index (χ0) is 13.8. The average Bonchev–Trinajstić information content (AvgIpc) is 2.39. The van der Waals surface area contributed by atoms with Gasteiger partial charge < -0.3 is 5.11 Å². The molecule has 0 saturated carbocycles. The largest absolute Gasteiger partial charge is 0.478 e. The van der Waals surface area contributed by atoms with E-state index in [0.29, 0.717) is 11.5 Å². The molecule has 0 aliphatic heterocycles. The van der Waals surface area contributed by atoms with Crippen molar-refractivity contribution in [2.45, 2.75) is 20.3 Å². The first kappa shape index (κ1) is 13.3. The minimum Gasteiger partial charge on any atom is -0.478 e. The molecule has 0 aliphatic carbocycles. The molecule has 2 aromatic rings. The molecule has 1 N–H and O–H groups in total. The summed E-state index contributed by atoms with van der Waals surface area (Å²) < 4.78 is 0. The summed E-state index contributed by atoms with van der Waals surface area (Å²) in [5.74, 6) is -0.265. The highest BCUT2D eigenvalue weighted by Gasteiger charge is 2.10. The molecule has 0 radical (unpaired) electrons. The van der Waals surface area contributed by atoms with Crippen LogP contribution in [0, 0.1) is 5.92 Å². The lowest BCUT2D eigenvalue weighted by Crippen LogP contribution is -1.99. The van der Waals surface area contributed by atoms with Crippen molar-refractivity contribution in [2.75, 3.05) is 0 Å². The normalized spacial score (nSPS) is 10.7. The van der Waals surface area contributed by atoms with Crippen LogP contribution in [0.5, 0.6) is 0 Å². The van der Waals surface area contributed by atoms with Gasteiger partial charge in [0.05, 0.1) is 5.56 Å². The molecule has 0 atom stereocenters. The van der Waals surface area contributed by atoms with Crippen LogP contribution in [0.4, 0.5) is 0 Å². The Balaban J connectivity index is 2.35. The first-order chi connectivity index (χ1) is 9.08. The van der Waals surface area contributed by atoms with Gasteiger partial charge in [-0.1, -0.05) is 56.3 Å². The number of carbonyl (C=O) groups is 1. The zero-order valence-electron chi connectivity index (χ0n) is 11.3. The van der Waals surface area contributed by atoms with Crippen molar-refractivity contribution < 1.29 is 9.90 Å². The number of aromatic carboxylic acids is 1. The molecule has 0 unspecified atom stereocenters. The fourth-order valence-electron chi connectivity index (χ4n) is 2.21. The molecular formula is C17H18O2. The number of carboxylic acid groups (broad SMARTS) is 1. The molecule has 2 rings (SSSR count). The van der Waals surface area contributed by atoms with Gasteiger partial charge in [-0.25, -0.2) is 4.79 Å². The predicted octanol–water partition coefficient (Wildman–Crippen LogP) is 4.25. The van der Waals surface area contributed by atoms with Crippen LogP contribution in [0.2, 0.25) is 0 Å². The lowest BCUT2D eigenvalue weighted by molar-refractivity contribution is 0.0697. The monoisotopic (exact) mass is 254 g/mol. The summed E-state index contributed by atoms with van der Waals surface area (Å²) in [6, 6.07) is 15.3. The summed E-state index contributed by atoms with van der Waals surface area (Å²) in [6.07, 6.45) is 1.04. The van der Waals surface area contributed by atoms with Crippen molar-refractivity contribution in [2.24, 2.45) is 5.92 Å². The molecule has 0 saturated heterocycles. The second-order valence-electron chi connectivity index (χ2n) is 5.15. The second-order valence-corrected chi connectivity index (χ2v) is 5.15. The fraction of sp³-hybridized carbons (Fsp3) is 0.235. The van der Waals surface area contributed by atoms with Crippen LogP contribution in [0.3, 0.4) is 0 Å². The van der Waals surface area contributed by atoms with E-state index >= 15 is 0 Å². The molecule has 2 nitrogen and oxygen atoms in total. The number of hydrogen-bond acceptors (Lipinski definition) is 1. The van der Waals surface area contributed by atoms with Crippen molar-refractivity contribution in [1.82, 2.24) is 0 Å². The van der Waals surface area contributed by atoms with E-state index in [9.17, 15) is 9.90 Å². The number of rotatable bonds is 4. The highest BCUT2D eigenvalue weighted by atomic mass is 16.4. The van der Waals surface area contributed by atoms with Gasteiger partial charge in [0.15, 0.2) is 0 Å². The molecule has 0 bridgehead atoms. The van der Waals surface area contributed by atoms with Gasteiger partial charge in [0, 0.05) is 0 Å². The highest BCUT2D eigenvalue weighted by Crippen LogP contribution is 2.24. The summed E-state index contributed by atoms with van der Waals surface area (Å²) in [6.45, 7) is 4.38. The summed E-state index contributed by atoms with van der Waals surface area (Å²) in [5, 5.41) is 9.20. The maximum Gasteiger partial charge on any atom is 0.336 e. The maximum absolute atomic E-state index is 11.2. The predicted molar refractivity (Wildman–Crippen MR) is 77.4 cm³/mol. The molecule has 0 spiro atoms. The lowest BCUT2D eigenvalue weighted by atomic mass is 9.96. The van der Waals surface area contributed by atoms with Crippen LogP contribution < -0.4 is 0 Å². The minimum absolute atomic E-state index is 0.346. The van der Waals surface area contributed by atoms with Crippen molar-refractivity contribution in [1.29, 1.82) is 0 Å². The van der Waals surface area contributed by atoms with Gasteiger partial charge in [-0.3, -0.25) is 0 Å². The van der Waals surface area contributed by atoms with Crippen LogP contribution in [-0.2, 0) is 6.42 Å². The third-order valence-electron chi connectivity index (χ3n) is 3.07. The standard InChI is InChI=1S/C17H18O2/c1-12(2)11-13-7-9-14(10-8-13)15-5-3-4-6-16(15)17(18)19/h3-10,12H,11H2,1-2H3,(H,18,19). The molecular weight excluding hydrogens is 236 g/mol. The van der Waals surface area contributed by atoms with Crippen LogP contribution >= 0.6 is 0 Å². The Morgan fingerprint density at radius 3 is 2.26 bits per heavy atom. The molecule has 19 heavy (non-hydrogen) atoms. The topological polar surface area (TPSA) is 37.3 Å². The van der Waals surface area contributed by atoms with E-state index in [2.05, 4.69) is 26.0 Å². The Bertz CT molecular complexity index is 568. The molecule has 2 aromatic carbocycles. The first-order valence-electron chi connectivity index (χ1n) is 6.49. The van der Waals surface area contributed by atoms with E-state index in [-0.39, 0.29) is 0 Å². The van der Waals surface area contributed by atoms with Gasteiger partial charge in [0.2, 0.25) is 0 Å². The van der Waals surface area contributed by atoms with Gasteiger partial charge in [-0.15, -0.1) is 0 Å². The molecule has 0 heterocycles. The first-order valence-corrected chi connectivity index (χ1v) is 6.49. The Labute approximate surface area is 113 Å². The zero-order valence-corrected chi connectivity index (χ0v) is 11.3. The quantitative estimate of drug-likeness (QED) is 0.885. The number of benzene rings is 2. The Morgan fingerprint density at radius 1 is 1.05 bits per heavy atom. The smallest absolute Gasteiger partial charge is 0.336 e. The molecule has 0 aromatic heterocycles. The molecule has 0 aliphatic rings. The van der Waals surface area contributed by atoms with Gasteiger partial charge in [0.1, 0.15) is 0 Å².